The Hall–Kier alpha value is -0.500. The minimum atomic E-state index is -3.08. The zero-order valence-corrected chi connectivity index (χ0v) is 15.0. The predicted octanol–water partition coefficient (Wildman–Crippen LogP) is 2.10. The first kappa shape index (κ1) is 16.4. The lowest BCUT2D eigenvalue weighted by Gasteiger charge is -2.27. The van der Waals surface area contributed by atoms with Crippen LogP contribution in [0, 0.1) is 0 Å². The molecule has 0 radical (unpaired) electrons. The summed E-state index contributed by atoms with van der Waals surface area (Å²) in [5, 5.41) is 4.84. The van der Waals surface area contributed by atoms with Gasteiger partial charge < -0.3 is 5.32 Å². The second-order valence-electron chi connectivity index (χ2n) is 6.29. The summed E-state index contributed by atoms with van der Waals surface area (Å²) in [4.78, 5) is 6.11. The summed E-state index contributed by atoms with van der Waals surface area (Å²) < 4.78 is 25.3. The van der Waals surface area contributed by atoms with E-state index in [4.69, 9.17) is 4.98 Å². The monoisotopic (exact) mass is 343 g/mol. The Kier molecular flexibility index (Phi) is 4.87. The van der Waals surface area contributed by atoms with Crippen molar-refractivity contribution < 1.29 is 8.42 Å². The molecule has 0 amide bonds. The molecule has 2 heterocycles. The second kappa shape index (κ2) is 6.55. The van der Waals surface area contributed by atoms with E-state index in [0.717, 1.165) is 45.1 Å². The van der Waals surface area contributed by atoms with Crippen molar-refractivity contribution in [2.75, 3.05) is 19.3 Å². The van der Waals surface area contributed by atoms with Crippen LogP contribution in [-0.4, -0.2) is 43.1 Å². The molecule has 0 bridgehead atoms. The van der Waals surface area contributed by atoms with E-state index in [1.54, 1.807) is 4.31 Å². The SMILES string of the molecule is CCc1nc2c(s1)C(NC[C@H]1CCCN1S(C)(=O)=O)CCC2. The molecule has 5 nitrogen and oxygen atoms in total. The lowest BCUT2D eigenvalue weighted by atomic mass is 9.98. The first-order chi connectivity index (χ1) is 10.5. The molecule has 2 atom stereocenters. The van der Waals surface area contributed by atoms with E-state index < -0.39 is 10.0 Å². The number of thiazole rings is 1. The van der Waals surface area contributed by atoms with Crippen molar-refractivity contribution in [3.8, 4) is 0 Å². The van der Waals surface area contributed by atoms with Gasteiger partial charge in [0.05, 0.1) is 17.0 Å². The second-order valence-corrected chi connectivity index (χ2v) is 9.35. The highest BCUT2D eigenvalue weighted by atomic mass is 32.2. The van der Waals surface area contributed by atoms with Crippen molar-refractivity contribution in [2.45, 2.75) is 57.5 Å². The number of nitrogens with one attached hydrogen (secondary N) is 1. The Morgan fingerprint density at radius 3 is 2.91 bits per heavy atom. The maximum atomic E-state index is 11.8. The molecule has 124 valence electrons. The number of aromatic nitrogens is 1. The van der Waals surface area contributed by atoms with Gasteiger partial charge >= 0.3 is 0 Å². The van der Waals surface area contributed by atoms with Gasteiger partial charge in [0.25, 0.3) is 0 Å². The van der Waals surface area contributed by atoms with Crippen LogP contribution in [0.2, 0.25) is 0 Å². The zero-order valence-electron chi connectivity index (χ0n) is 13.3. The topological polar surface area (TPSA) is 62.3 Å². The molecule has 0 aromatic carbocycles. The van der Waals surface area contributed by atoms with Crippen molar-refractivity contribution in [1.82, 2.24) is 14.6 Å². The summed E-state index contributed by atoms with van der Waals surface area (Å²) in [7, 11) is -3.08. The first-order valence-electron chi connectivity index (χ1n) is 8.17. The molecule has 3 rings (SSSR count). The summed E-state index contributed by atoms with van der Waals surface area (Å²) in [6.07, 6.45) is 7.62. The van der Waals surface area contributed by atoms with E-state index in [-0.39, 0.29) is 6.04 Å². The minimum Gasteiger partial charge on any atom is -0.308 e. The lowest BCUT2D eigenvalue weighted by Crippen LogP contribution is -2.42. The number of fused-ring (bicyclic) bond motifs is 1. The van der Waals surface area contributed by atoms with E-state index in [0.29, 0.717) is 12.6 Å². The number of hydrogen-bond acceptors (Lipinski definition) is 5. The number of sulfonamides is 1. The van der Waals surface area contributed by atoms with Gasteiger partial charge in [0, 0.05) is 30.1 Å². The molecule has 2 aliphatic rings. The van der Waals surface area contributed by atoms with Crippen molar-refractivity contribution in [1.29, 1.82) is 0 Å². The van der Waals surface area contributed by atoms with Crippen molar-refractivity contribution in [3.05, 3.63) is 15.6 Å². The molecule has 1 unspecified atom stereocenters. The highest BCUT2D eigenvalue weighted by molar-refractivity contribution is 7.88. The van der Waals surface area contributed by atoms with Crippen molar-refractivity contribution >= 4 is 21.4 Å². The molecule has 22 heavy (non-hydrogen) atoms. The number of rotatable bonds is 5. The Labute approximate surface area is 137 Å². The van der Waals surface area contributed by atoms with Gasteiger partial charge in [0.1, 0.15) is 0 Å². The number of aryl methyl sites for hydroxylation is 2. The number of hydrogen-bond donors (Lipinski definition) is 1. The zero-order chi connectivity index (χ0) is 15.7. The molecule has 1 N–H and O–H groups in total. The maximum absolute atomic E-state index is 11.8. The molecule has 1 aliphatic heterocycles. The van der Waals surface area contributed by atoms with E-state index >= 15 is 0 Å². The van der Waals surface area contributed by atoms with Gasteiger partial charge in [0.2, 0.25) is 10.0 Å². The summed E-state index contributed by atoms with van der Waals surface area (Å²) in [5.74, 6) is 0. The molecule has 7 heteroatoms. The molecular weight excluding hydrogens is 318 g/mol. The van der Waals surface area contributed by atoms with Gasteiger partial charge in [-0.2, -0.15) is 4.31 Å². The smallest absolute Gasteiger partial charge is 0.211 e. The Morgan fingerprint density at radius 1 is 1.36 bits per heavy atom. The van der Waals surface area contributed by atoms with Crippen LogP contribution in [0.15, 0.2) is 0 Å². The van der Waals surface area contributed by atoms with E-state index in [9.17, 15) is 8.42 Å². The summed E-state index contributed by atoms with van der Waals surface area (Å²) >= 11 is 1.83. The fourth-order valence-corrected chi connectivity index (χ4v) is 5.89. The van der Waals surface area contributed by atoms with E-state index in [1.165, 1.54) is 21.8 Å². The summed E-state index contributed by atoms with van der Waals surface area (Å²) in [6.45, 7) is 3.56. The Bertz CT molecular complexity index is 627. The average Bonchev–Trinajstić information content (AvgIpc) is 3.10. The molecule has 1 aromatic heterocycles. The largest absolute Gasteiger partial charge is 0.308 e. The van der Waals surface area contributed by atoms with Crippen molar-refractivity contribution in [2.24, 2.45) is 0 Å². The molecule has 1 fully saturated rings. The molecule has 1 saturated heterocycles. The van der Waals surface area contributed by atoms with Gasteiger partial charge in [-0.25, -0.2) is 13.4 Å². The quantitative estimate of drug-likeness (QED) is 0.889. The van der Waals surface area contributed by atoms with Gasteiger partial charge in [-0.1, -0.05) is 6.92 Å². The summed E-state index contributed by atoms with van der Waals surface area (Å²) in [5.41, 5.74) is 1.26. The highest BCUT2D eigenvalue weighted by Gasteiger charge is 2.32. The van der Waals surface area contributed by atoms with Crippen LogP contribution in [-0.2, 0) is 22.9 Å². The molecule has 0 spiro atoms. The normalized spacial score (nSPS) is 26.3. The maximum Gasteiger partial charge on any atom is 0.211 e. The van der Waals surface area contributed by atoms with Crippen LogP contribution in [0.4, 0.5) is 0 Å². The Balaban J connectivity index is 1.66. The van der Waals surface area contributed by atoms with E-state index in [1.807, 2.05) is 11.3 Å². The Morgan fingerprint density at radius 2 is 2.18 bits per heavy atom. The molecule has 1 aromatic rings. The molecule has 1 aliphatic carbocycles. The fourth-order valence-electron chi connectivity index (χ4n) is 3.54. The molecular formula is C15H25N3O2S2. The lowest BCUT2D eigenvalue weighted by molar-refractivity contribution is 0.349. The predicted molar refractivity (Wildman–Crippen MR) is 89.7 cm³/mol. The average molecular weight is 344 g/mol. The standard InChI is InChI=1S/C15H25N3O2S2/c1-3-14-17-13-8-4-7-12(15(13)21-14)16-10-11-6-5-9-18(11)22(2,19)20/h11-12,16H,3-10H2,1-2H3/t11-,12?/m1/s1. The summed E-state index contributed by atoms with van der Waals surface area (Å²) in [6, 6.07) is 0.461. The van der Waals surface area contributed by atoms with Crippen LogP contribution in [0.1, 0.15) is 54.2 Å². The third-order valence-electron chi connectivity index (χ3n) is 4.65. The van der Waals surface area contributed by atoms with Crippen LogP contribution in [0.25, 0.3) is 0 Å². The first-order valence-corrected chi connectivity index (χ1v) is 10.8. The van der Waals surface area contributed by atoms with Gasteiger partial charge in [-0.05, 0) is 38.5 Å². The van der Waals surface area contributed by atoms with Gasteiger partial charge in [0.15, 0.2) is 0 Å². The van der Waals surface area contributed by atoms with Crippen LogP contribution < -0.4 is 5.32 Å². The van der Waals surface area contributed by atoms with Crippen LogP contribution in [0.5, 0.6) is 0 Å². The van der Waals surface area contributed by atoms with Crippen molar-refractivity contribution in [3.63, 3.8) is 0 Å². The fraction of sp³-hybridized carbons (Fsp3) is 0.800. The third-order valence-corrected chi connectivity index (χ3v) is 7.33. The number of nitrogens with zero attached hydrogens (tertiary/aromatic N) is 2. The third kappa shape index (κ3) is 3.37. The van der Waals surface area contributed by atoms with Gasteiger partial charge in [-0.15, -0.1) is 11.3 Å². The van der Waals surface area contributed by atoms with Gasteiger partial charge in [-0.3, -0.25) is 0 Å². The minimum absolute atomic E-state index is 0.110. The van der Waals surface area contributed by atoms with Crippen LogP contribution in [0.3, 0.4) is 0 Å². The molecule has 0 saturated carbocycles. The van der Waals surface area contributed by atoms with E-state index in [2.05, 4.69) is 12.2 Å². The highest BCUT2D eigenvalue weighted by Crippen LogP contribution is 2.34. The van der Waals surface area contributed by atoms with Crippen LogP contribution >= 0.6 is 11.3 Å².